The summed E-state index contributed by atoms with van der Waals surface area (Å²) >= 11 is 0. The van der Waals surface area contributed by atoms with E-state index in [2.05, 4.69) is 62.7 Å². The van der Waals surface area contributed by atoms with Gasteiger partial charge in [0.2, 0.25) is 0 Å². The van der Waals surface area contributed by atoms with Crippen LogP contribution in [-0.4, -0.2) is 88.6 Å². The van der Waals surface area contributed by atoms with E-state index in [1.54, 1.807) is 27.2 Å². The number of nitriles is 1. The highest BCUT2D eigenvalue weighted by Crippen LogP contribution is 2.53. The first-order valence-electron chi connectivity index (χ1n) is 14.1. The fourth-order valence-electron chi connectivity index (χ4n) is 5.89. The lowest BCUT2D eigenvalue weighted by Gasteiger charge is -2.35. The third kappa shape index (κ3) is 5.37. The van der Waals surface area contributed by atoms with E-state index in [9.17, 15) is 14.9 Å². The van der Waals surface area contributed by atoms with Crippen LogP contribution in [0.4, 0.5) is 0 Å². The van der Waals surface area contributed by atoms with Gasteiger partial charge >= 0.3 is 0 Å². The van der Waals surface area contributed by atoms with E-state index in [-0.39, 0.29) is 23.9 Å². The van der Waals surface area contributed by atoms with Gasteiger partial charge in [-0.25, -0.2) is 0 Å². The van der Waals surface area contributed by atoms with Crippen molar-refractivity contribution in [3.63, 3.8) is 0 Å². The number of nitrogens with zero attached hydrogens (tertiary/aromatic N) is 6. The minimum absolute atomic E-state index is 0.114. The van der Waals surface area contributed by atoms with Crippen LogP contribution >= 0.6 is 0 Å². The van der Waals surface area contributed by atoms with E-state index in [1.165, 1.54) is 4.90 Å². The number of aromatic nitrogens is 4. The van der Waals surface area contributed by atoms with Crippen LogP contribution in [0, 0.1) is 11.3 Å². The van der Waals surface area contributed by atoms with Gasteiger partial charge in [0.15, 0.2) is 5.82 Å². The van der Waals surface area contributed by atoms with E-state index in [0.29, 0.717) is 36.5 Å². The molecule has 0 aliphatic heterocycles. The summed E-state index contributed by atoms with van der Waals surface area (Å²) in [4.78, 5) is 29.1. The molecule has 42 heavy (non-hydrogen) atoms. The molecule has 3 unspecified atom stereocenters. The largest absolute Gasteiger partial charge is 0.356 e. The molecule has 11 nitrogen and oxygen atoms in total. The summed E-state index contributed by atoms with van der Waals surface area (Å²) in [5, 5.41) is 31.2. The van der Waals surface area contributed by atoms with E-state index in [1.807, 2.05) is 37.3 Å². The number of nitrogens with one attached hydrogen (secondary N) is 3. The highest BCUT2D eigenvalue weighted by Gasteiger charge is 2.48. The highest BCUT2D eigenvalue weighted by atomic mass is 16.2. The number of H-pyrrole nitrogens is 1. The molecule has 0 saturated heterocycles. The predicted molar refractivity (Wildman–Crippen MR) is 161 cm³/mol. The van der Waals surface area contributed by atoms with Crippen LogP contribution in [0.15, 0.2) is 48.7 Å². The molecule has 3 aromatic rings. The van der Waals surface area contributed by atoms with Crippen molar-refractivity contribution in [3.8, 4) is 17.2 Å². The molecule has 2 aromatic carbocycles. The number of aromatic amines is 1. The molecule has 1 aromatic heterocycles. The monoisotopic (exact) mass is 569 g/mol. The maximum atomic E-state index is 12.9. The van der Waals surface area contributed by atoms with E-state index < -0.39 is 5.41 Å². The van der Waals surface area contributed by atoms with Gasteiger partial charge in [0.05, 0.1) is 11.5 Å². The zero-order chi connectivity index (χ0) is 30.6. The summed E-state index contributed by atoms with van der Waals surface area (Å²) in [7, 11) is 5.03. The number of carbonyl (C=O) groups is 2. The van der Waals surface area contributed by atoms with Crippen molar-refractivity contribution in [1.29, 1.82) is 5.26 Å². The highest BCUT2D eigenvalue weighted by molar-refractivity contribution is 5.99. The van der Waals surface area contributed by atoms with Crippen molar-refractivity contribution in [2.24, 2.45) is 0 Å². The number of rotatable bonds is 12. The minimum Gasteiger partial charge on any atom is -0.356 e. The third-order valence-corrected chi connectivity index (χ3v) is 8.16. The number of carbonyl (C=O) groups excluding carboxylic acids is 2. The summed E-state index contributed by atoms with van der Waals surface area (Å²) < 4.78 is 0. The van der Waals surface area contributed by atoms with Gasteiger partial charge in [-0.3, -0.25) is 9.59 Å². The average Bonchev–Trinajstić information content (AvgIpc) is 3.63. The van der Waals surface area contributed by atoms with Gasteiger partial charge in [0.25, 0.3) is 11.8 Å². The second kappa shape index (κ2) is 12.5. The Bertz CT molecular complexity index is 1510. The average molecular weight is 570 g/mol. The SMILES string of the molecule is C=C(CNCCC1(c2nn[nH]n2)c2ccc(C(=O)NC)cc2-c2cc(C(=O)N(C)C)ccc21)N(C(C)C#N)C(C)CC. The lowest BCUT2D eigenvalue weighted by Crippen LogP contribution is -2.42. The smallest absolute Gasteiger partial charge is 0.253 e. The maximum absolute atomic E-state index is 12.9. The first-order chi connectivity index (χ1) is 20.1. The van der Waals surface area contributed by atoms with Crippen molar-refractivity contribution in [3.05, 3.63) is 76.8 Å². The van der Waals surface area contributed by atoms with Gasteiger partial charge in [0.1, 0.15) is 6.04 Å². The number of hydrogen-bond donors (Lipinski definition) is 3. The summed E-state index contributed by atoms with van der Waals surface area (Å²) in [6, 6.07) is 13.5. The Labute approximate surface area is 247 Å². The Morgan fingerprint density at radius 3 is 2.31 bits per heavy atom. The minimum atomic E-state index is -0.788. The summed E-state index contributed by atoms with van der Waals surface area (Å²) in [5.41, 5.74) is 4.68. The van der Waals surface area contributed by atoms with Crippen LogP contribution in [0.1, 0.15) is 71.3 Å². The van der Waals surface area contributed by atoms with Gasteiger partial charge in [-0.1, -0.05) is 30.8 Å². The lowest BCUT2D eigenvalue weighted by molar-refractivity contribution is 0.0827. The van der Waals surface area contributed by atoms with Gasteiger partial charge in [-0.2, -0.15) is 10.5 Å². The molecule has 0 saturated carbocycles. The van der Waals surface area contributed by atoms with Gasteiger partial charge in [-0.15, -0.1) is 10.2 Å². The maximum Gasteiger partial charge on any atom is 0.253 e. The molecular formula is C31H39N9O2. The van der Waals surface area contributed by atoms with Gasteiger partial charge < -0.3 is 20.4 Å². The Kier molecular flexibility index (Phi) is 9.07. The molecule has 1 heterocycles. The first kappa shape index (κ1) is 30.4. The Hall–Kier alpha value is -4.56. The summed E-state index contributed by atoms with van der Waals surface area (Å²) in [6.45, 7) is 11.4. The second-order valence-corrected chi connectivity index (χ2v) is 10.9. The molecule has 0 spiro atoms. The summed E-state index contributed by atoms with van der Waals surface area (Å²) in [5.74, 6) is 0.188. The molecular weight excluding hydrogens is 530 g/mol. The second-order valence-electron chi connectivity index (χ2n) is 10.9. The first-order valence-corrected chi connectivity index (χ1v) is 14.1. The molecule has 220 valence electrons. The quantitative estimate of drug-likeness (QED) is 0.283. The Morgan fingerprint density at radius 2 is 1.76 bits per heavy atom. The van der Waals surface area contributed by atoms with E-state index >= 15 is 0 Å². The fraction of sp³-hybridized carbons (Fsp3) is 0.419. The zero-order valence-electron chi connectivity index (χ0n) is 25.2. The van der Waals surface area contributed by atoms with Crippen LogP contribution in [0.5, 0.6) is 0 Å². The van der Waals surface area contributed by atoms with Crippen molar-refractivity contribution in [2.45, 2.75) is 51.1 Å². The molecule has 4 rings (SSSR count). The van der Waals surface area contributed by atoms with Crippen molar-refractivity contribution in [2.75, 3.05) is 34.2 Å². The van der Waals surface area contributed by atoms with Gasteiger partial charge in [-0.05, 0) is 79.8 Å². The lowest BCUT2D eigenvalue weighted by atomic mass is 9.74. The fourth-order valence-corrected chi connectivity index (χ4v) is 5.89. The molecule has 1 aliphatic rings. The predicted octanol–water partition coefficient (Wildman–Crippen LogP) is 3.08. The number of hydrogen-bond acceptors (Lipinski definition) is 8. The van der Waals surface area contributed by atoms with Crippen LogP contribution in [0.25, 0.3) is 11.1 Å². The number of amides is 2. The van der Waals surface area contributed by atoms with Crippen LogP contribution < -0.4 is 10.6 Å². The van der Waals surface area contributed by atoms with E-state index in [4.69, 9.17) is 0 Å². The molecule has 11 heteroatoms. The molecule has 3 N–H and O–H groups in total. The molecule has 3 atom stereocenters. The Balaban J connectivity index is 1.75. The number of tetrazole rings is 1. The molecule has 2 amide bonds. The van der Waals surface area contributed by atoms with E-state index in [0.717, 1.165) is 34.4 Å². The van der Waals surface area contributed by atoms with Crippen molar-refractivity contribution < 1.29 is 9.59 Å². The molecule has 0 radical (unpaired) electrons. The standard InChI is InChI=1S/C31H39N9O2/c1-8-19(2)40(20(3)17-32)21(4)18-34-14-13-31(30-35-37-38-36-30)26-11-9-22(28(41)33-5)15-24(26)25-16-23(10-12-27(25)31)29(42)39(6)7/h9-12,15-16,19-20,34H,4,8,13-14,18H2,1-3,5-7H3,(H,33,41)(H,35,36,37,38). The normalized spacial score (nSPS) is 16.5. The molecule has 0 fully saturated rings. The van der Waals surface area contributed by atoms with Gasteiger partial charge in [0, 0.05) is 50.6 Å². The number of benzene rings is 2. The van der Waals surface area contributed by atoms with Crippen LogP contribution in [-0.2, 0) is 5.41 Å². The van der Waals surface area contributed by atoms with Crippen molar-refractivity contribution in [1.82, 2.24) is 41.1 Å². The molecule has 1 aliphatic carbocycles. The summed E-state index contributed by atoms with van der Waals surface area (Å²) in [6.07, 6.45) is 1.47. The third-order valence-electron chi connectivity index (χ3n) is 8.16. The van der Waals surface area contributed by atoms with Crippen molar-refractivity contribution >= 4 is 11.8 Å². The Morgan fingerprint density at radius 1 is 1.12 bits per heavy atom. The van der Waals surface area contributed by atoms with Crippen LogP contribution in [0.3, 0.4) is 0 Å². The number of fused-ring (bicyclic) bond motifs is 3. The topological polar surface area (TPSA) is 143 Å². The van der Waals surface area contributed by atoms with Crippen LogP contribution in [0.2, 0.25) is 0 Å². The zero-order valence-corrected chi connectivity index (χ0v) is 25.2. The molecule has 0 bridgehead atoms.